The van der Waals surface area contributed by atoms with Crippen molar-refractivity contribution >= 4 is 28.4 Å². The second kappa shape index (κ2) is 5.14. The molecule has 0 bridgehead atoms. The van der Waals surface area contributed by atoms with Gasteiger partial charge in [0.25, 0.3) is 11.3 Å². The van der Waals surface area contributed by atoms with Gasteiger partial charge in [-0.25, -0.2) is 4.98 Å². The van der Waals surface area contributed by atoms with Crippen molar-refractivity contribution in [3.63, 3.8) is 0 Å². The van der Waals surface area contributed by atoms with Crippen LogP contribution in [-0.2, 0) is 6.54 Å². The molecule has 0 aromatic carbocycles. The Kier molecular flexibility index (Phi) is 3.44. The van der Waals surface area contributed by atoms with E-state index in [0.29, 0.717) is 34.5 Å². The molecule has 0 unspecified atom stereocenters. The third kappa shape index (κ3) is 2.31. The Labute approximate surface area is 126 Å². The summed E-state index contributed by atoms with van der Waals surface area (Å²) in [5, 5.41) is 5.66. The lowest BCUT2D eigenvalue weighted by atomic mass is 10.2. The van der Waals surface area contributed by atoms with Crippen LogP contribution in [0.3, 0.4) is 0 Å². The van der Waals surface area contributed by atoms with E-state index in [0.717, 1.165) is 5.52 Å². The molecule has 7 heteroatoms. The summed E-state index contributed by atoms with van der Waals surface area (Å²) < 4.78 is 3.38. The van der Waals surface area contributed by atoms with Crippen molar-refractivity contribution in [2.75, 3.05) is 6.26 Å². The van der Waals surface area contributed by atoms with Gasteiger partial charge in [0, 0.05) is 12.7 Å². The number of hydrogen-bond acceptors (Lipinski definition) is 5. The van der Waals surface area contributed by atoms with Crippen LogP contribution in [0.1, 0.15) is 19.5 Å². The summed E-state index contributed by atoms with van der Waals surface area (Å²) in [6, 6.07) is 1.92. The minimum atomic E-state index is -0.0192. The summed E-state index contributed by atoms with van der Waals surface area (Å²) in [6.45, 7) is 6.72. The number of pyridine rings is 1. The molecule has 0 spiro atoms. The lowest BCUT2D eigenvalue weighted by molar-refractivity contribution is 0.513. The first-order chi connectivity index (χ1) is 10.0. The molecule has 3 heterocycles. The van der Waals surface area contributed by atoms with E-state index in [9.17, 15) is 4.79 Å². The summed E-state index contributed by atoms with van der Waals surface area (Å²) in [6.07, 6.45) is 3.74. The van der Waals surface area contributed by atoms with Gasteiger partial charge in [-0.1, -0.05) is 25.6 Å². The molecule has 0 saturated heterocycles. The topological polar surface area (TPSA) is 65.1 Å². The monoisotopic (exact) mass is 303 g/mol. The van der Waals surface area contributed by atoms with Crippen molar-refractivity contribution in [1.29, 1.82) is 0 Å². The van der Waals surface area contributed by atoms with E-state index in [4.69, 9.17) is 0 Å². The smallest absolute Gasteiger partial charge is 0.261 e. The second-order valence-corrected chi connectivity index (χ2v) is 6.21. The molecule has 3 rings (SSSR count). The average molecular weight is 303 g/mol. The van der Waals surface area contributed by atoms with Gasteiger partial charge in [-0.05, 0) is 25.2 Å². The van der Waals surface area contributed by atoms with Crippen LogP contribution < -0.4 is 5.56 Å². The van der Waals surface area contributed by atoms with E-state index >= 15 is 0 Å². The van der Waals surface area contributed by atoms with Gasteiger partial charge in [-0.15, -0.1) is 5.10 Å². The first-order valence-corrected chi connectivity index (χ1v) is 8.04. The van der Waals surface area contributed by atoms with Crippen molar-refractivity contribution in [3.8, 4) is 0 Å². The van der Waals surface area contributed by atoms with Crippen LogP contribution in [0.4, 0.5) is 0 Å². The molecule has 6 nitrogen and oxygen atoms in total. The van der Waals surface area contributed by atoms with Crippen molar-refractivity contribution in [3.05, 3.63) is 28.3 Å². The summed E-state index contributed by atoms with van der Waals surface area (Å²) in [5.74, 6) is 0.942. The zero-order chi connectivity index (χ0) is 15.1. The van der Waals surface area contributed by atoms with Gasteiger partial charge in [0.1, 0.15) is 0 Å². The summed E-state index contributed by atoms with van der Waals surface area (Å²) in [5.41, 5.74) is 1.44. The molecule has 3 aromatic rings. The number of aryl methyl sites for hydroxylation is 1. The summed E-state index contributed by atoms with van der Waals surface area (Å²) in [7, 11) is 0. The maximum absolute atomic E-state index is 12.7. The van der Waals surface area contributed by atoms with Crippen molar-refractivity contribution in [2.45, 2.75) is 32.5 Å². The fraction of sp³-hybridized carbons (Fsp3) is 0.429. The third-order valence-electron chi connectivity index (χ3n) is 3.32. The predicted octanol–water partition coefficient (Wildman–Crippen LogP) is 2.13. The molecule has 0 aliphatic carbocycles. The highest BCUT2D eigenvalue weighted by molar-refractivity contribution is 7.98. The molecule has 0 N–H and O–H groups in total. The number of rotatable bonds is 3. The van der Waals surface area contributed by atoms with Gasteiger partial charge in [0.05, 0.1) is 16.6 Å². The molecule has 0 radical (unpaired) electrons. The quantitative estimate of drug-likeness (QED) is 0.693. The Morgan fingerprint density at radius 3 is 2.76 bits per heavy atom. The molecule has 0 amide bonds. The van der Waals surface area contributed by atoms with Crippen LogP contribution in [0.5, 0.6) is 0 Å². The van der Waals surface area contributed by atoms with E-state index in [1.54, 1.807) is 9.08 Å². The Balaban J connectivity index is 2.36. The molecule has 0 aliphatic heterocycles. The van der Waals surface area contributed by atoms with E-state index in [-0.39, 0.29) is 5.56 Å². The number of thioether (sulfide) groups is 1. The van der Waals surface area contributed by atoms with Crippen molar-refractivity contribution in [1.82, 2.24) is 24.1 Å². The van der Waals surface area contributed by atoms with Gasteiger partial charge in [0.15, 0.2) is 0 Å². The minimum Gasteiger partial charge on any atom is -0.315 e. The fourth-order valence-corrected chi connectivity index (χ4v) is 2.77. The Hall–Kier alpha value is -1.89. The lowest BCUT2D eigenvalue weighted by Gasteiger charge is -2.10. The Bertz CT molecular complexity index is 880. The predicted molar refractivity (Wildman–Crippen MR) is 83.9 cm³/mol. The summed E-state index contributed by atoms with van der Waals surface area (Å²) in [4.78, 5) is 21.4. The molecule has 0 saturated carbocycles. The van der Waals surface area contributed by atoms with E-state index in [2.05, 4.69) is 28.9 Å². The number of nitrogens with zero attached hydrogens (tertiary/aromatic N) is 5. The second-order valence-electron chi connectivity index (χ2n) is 5.43. The van der Waals surface area contributed by atoms with E-state index in [1.807, 2.05) is 25.4 Å². The van der Waals surface area contributed by atoms with Crippen LogP contribution in [0, 0.1) is 12.8 Å². The number of fused-ring (bicyclic) bond motifs is 3. The van der Waals surface area contributed by atoms with Gasteiger partial charge in [-0.2, -0.15) is 9.50 Å². The normalized spacial score (nSPS) is 11.9. The van der Waals surface area contributed by atoms with E-state index in [1.165, 1.54) is 11.8 Å². The molecular weight excluding hydrogens is 286 g/mol. The minimum absolute atomic E-state index is 0.0192. The third-order valence-corrected chi connectivity index (χ3v) is 3.85. The SMILES string of the molecule is CSc1nc2nc(C)c3c(=O)n(CC(C)C)ccc3n2n1. The fourth-order valence-electron chi connectivity index (χ4n) is 2.43. The van der Waals surface area contributed by atoms with E-state index < -0.39 is 0 Å². The highest BCUT2D eigenvalue weighted by Crippen LogP contribution is 2.17. The van der Waals surface area contributed by atoms with Gasteiger partial charge >= 0.3 is 0 Å². The molecule has 3 aromatic heterocycles. The average Bonchev–Trinajstić information content (AvgIpc) is 2.84. The number of hydrogen-bond donors (Lipinski definition) is 0. The molecule has 0 fully saturated rings. The van der Waals surface area contributed by atoms with Crippen LogP contribution in [0.2, 0.25) is 0 Å². The Morgan fingerprint density at radius 2 is 2.10 bits per heavy atom. The highest BCUT2D eigenvalue weighted by atomic mass is 32.2. The maximum Gasteiger partial charge on any atom is 0.261 e. The standard InChI is InChI=1S/C14H17N5OS/c1-8(2)7-18-6-5-10-11(12(18)20)9(3)15-13-16-14(21-4)17-19(10)13/h5-6,8H,7H2,1-4H3. The zero-order valence-corrected chi connectivity index (χ0v) is 13.3. The zero-order valence-electron chi connectivity index (χ0n) is 12.5. The van der Waals surface area contributed by atoms with Crippen LogP contribution >= 0.6 is 11.8 Å². The first-order valence-electron chi connectivity index (χ1n) is 6.81. The molecule has 110 valence electrons. The lowest BCUT2D eigenvalue weighted by Crippen LogP contribution is -2.23. The first kappa shape index (κ1) is 14.1. The van der Waals surface area contributed by atoms with Crippen molar-refractivity contribution in [2.24, 2.45) is 5.92 Å². The van der Waals surface area contributed by atoms with Crippen LogP contribution in [-0.4, -0.2) is 30.4 Å². The van der Waals surface area contributed by atoms with Crippen LogP contribution in [0.15, 0.2) is 22.2 Å². The van der Waals surface area contributed by atoms with Crippen LogP contribution in [0.25, 0.3) is 16.7 Å². The number of aromatic nitrogens is 5. The molecule has 21 heavy (non-hydrogen) atoms. The van der Waals surface area contributed by atoms with Gasteiger partial charge < -0.3 is 4.57 Å². The molecule has 0 aliphatic rings. The highest BCUT2D eigenvalue weighted by Gasteiger charge is 2.14. The van der Waals surface area contributed by atoms with Gasteiger partial charge in [-0.3, -0.25) is 4.79 Å². The Morgan fingerprint density at radius 1 is 1.33 bits per heavy atom. The molecular formula is C14H17N5OS. The largest absolute Gasteiger partial charge is 0.315 e. The van der Waals surface area contributed by atoms with Gasteiger partial charge in [0.2, 0.25) is 5.16 Å². The molecule has 0 atom stereocenters. The van der Waals surface area contributed by atoms with Crippen molar-refractivity contribution < 1.29 is 0 Å². The summed E-state index contributed by atoms with van der Waals surface area (Å²) >= 11 is 1.46. The maximum atomic E-state index is 12.7.